The van der Waals surface area contributed by atoms with Crippen molar-refractivity contribution in [2.24, 2.45) is 0 Å². The number of nitrogens with zero attached hydrogens (tertiary/aromatic N) is 6. The number of nitrogens with one attached hydrogen (secondary N) is 2. The van der Waals surface area contributed by atoms with Crippen molar-refractivity contribution in [2.45, 2.75) is 84.3 Å². The lowest BCUT2D eigenvalue weighted by Gasteiger charge is -2.42. The Morgan fingerprint density at radius 1 is 1.23 bits per heavy atom. The smallest absolute Gasteiger partial charge is 0.254 e. The fraction of sp³-hybridized carbons (Fsp3) is 0.548. The van der Waals surface area contributed by atoms with Crippen LogP contribution in [0.15, 0.2) is 41.2 Å². The van der Waals surface area contributed by atoms with E-state index in [1.54, 1.807) is 18.0 Å². The van der Waals surface area contributed by atoms with Crippen LogP contribution in [0.25, 0.3) is 22.4 Å². The number of hydrogen-bond donors (Lipinski definition) is 2. The van der Waals surface area contributed by atoms with Crippen LogP contribution in [0.2, 0.25) is 0 Å². The van der Waals surface area contributed by atoms with E-state index in [4.69, 9.17) is 9.26 Å². The lowest BCUT2D eigenvalue weighted by Crippen LogP contribution is -2.54. The molecule has 1 fully saturated rings. The van der Waals surface area contributed by atoms with Gasteiger partial charge in [-0.05, 0) is 66.2 Å². The van der Waals surface area contributed by atoms with E-state index in [2.05, 4.69) is 63.0 Å². The first kappa shape index (κ1) is 30.7. The number of likely N-dealkylation sites (tertiary alicyclic amines) is 1. The molecule has 0 spiro atoms. The zero-order chi connectivity index (χ0) is 30.9. The number of aryl methyl sites for hydroxylation is 1. The third kappa shape index (κ3) is 6.45. The van der Waals surface area contributed by atoms with Gasteiger partial charge in [-0.15, -0.1) is 0 Å². The summed E-state index contributed by atoms with van der Waals surface area (Å²) in [4.78, 5) is 19.6. The van der Waals surface area contributed by atoms with Crippen LogP contribution in [-0.4, -0.2) is 79.9 Å². The fourth-order valence-corrected chi connectivity index (χ4v) is 5.69. The lowest BCUT2D eigenvalue weighted by molar-refractivity contribution is 0.0554. The second-order valence-electron chi connectivity index (χ2n) is 12.8. The number of benzene rings is 1. The summed E-state index contributed by atoms with van der Waals surface area (Å²) in [6.45, 7) is 14.9. The van der Waals surface area contributed by atoms with Crippen molar-refractivity contribution in [2.75, 3.05) is 32.1 Å². The molecule has 2 atom stereocenters. The highest BCUT2D eigenvalue weighted by Gasteiger charge is 2.34. The van der Waals surface area contributed by atoms with Crippen LogP contribution in [0.1, 0.15) is 64.2 Å². The summed E-state index contributed by atoms with van der Waals surface area (Å²) in [5.74, 6) is 0.411. The number of anilines is 1. The predicted octanol–water partition coefficient (Wildman–Crippen LogP) is 4.84. The van der Waals surface area contributed by atoms with Gasteiger partial charge in [0.1, 0.15) is 6.17 Å². The largest absolute Gasteiger partial charge is 0.382 e. The number of fused-ring (bicyclic) bond motifs is 1. The van der Waals surface area contributed by atoms with Crippen LogP contribution in [0.3, 0.4) is 0 Å². The first-order valence-electron chi connectivity index (χ1n) is 14.8. The molecule has 1 aromatic carbocycles. The Labute approximate surface area is 251 Å². The number of hydrogen-bond acceptors (Lipinski definition) is 8. The average Bonchev–Trinajstić information content (AvgIpc) is 3.71. The van der Waals surface area contributed by atoms with Gasteiger partial charge in [-0.25, -0.2) is 4.39 Å². The van der Waals surface area contributed by atoms with Gasteiger partial charge in [-0.2, -0.15) is 10.1 Å². The van der Waals surface area contributed by atoms with Gasteiger partial charge in [0.25, 0.3) is 5.91 Å². The van der Waals surface area contributed by atoms with E-state index in [1.165, 1.54) is 6.20 Å². The molecule has 232 valence electrons. The summed E-state index contributed by atoms with van der Waals surface area (Å²) >= 11 is 0. The van der Waals surface area contributed by atoms with Gasteiger partial charge >= 0.3 is 0 Å². The molecule has 2 N–H and O–H groups in total. The minimum absolute atomic E-state index is 0.0562. The highest BCUT2D eigenvalue weighted by Crippen LogP contribution is 2.33. The number of aromatic nitrogens is 5. The second kappa shape index (κ2) is 12.1. The number of piperidine rings is 1. The number of methoxy groups -OCH3 is 1. The molecule has 0 bridgehead atoms. The lowest BCUT2D eigenvalue weighted by atomic mass is 9.96. The molecule has 0 unspecified atom stereocenters. The van der Waals surface area contributed by atoms with E-state index in [1.807, 2.05) is 38.1 Å². The van der Waals surface area contributed by atoms with Crippen molar-refractivity contribution in [3.05, 3.63) is 48.1 Å². The summed E-state index contributed by atoms with van der Waals surface area (Å²) in [5.41, 5.74) is 2.65. The van der Waals surface area contributed by atoms with Gasteiger partial charge in [0.15, 0.2) is 0 Å². The molecule has 43 heavy (non-hydrogen) atoms. The summed E-state index contributed by atoms with van der Waals surface area (Å²) in [5, 5.41) is 15.8. The Balaban J connectivity index is 1.30. The van der Waals surface area contributed by atoms with Crippen LogP contribution in [0.4, 0.5) is 10.1 Å². The molecule has 12 heteroatoms. The molecule has 1 saturated heterocycles. The van der Waals surface area contributed by atoms with Crippen molar-refractivity contribution in [1.29, 1.82) is 0 Å². The maximum absolute atomic E-state index is 15.3. The minimum atomic E-state index is -0.975. The van der Waals surface area contributed by atoms with Crippen LogP contribution in [0, 0.1) is 0 Å². The van der Waals surface area contributed by atoms with Crippen molar-refractivity contribution in [3.8, 4) is 11.5 Å². The molecule has 1 aliphatic heterocycles. The summed E-state index contributed by atoms with van der Waals surface area (Å²) in [6, 6.07) is 7.76. The molecule has 5 rings (SSSR count). The molecule has 1 amide bonds. The number of carbonyl (C=O) groups is 1. The summed E-state index contributed by atoms with van der Waals surface area (Å²) in [7, 11) is 1.63. The van der Waals surface area contributed by atoms with Crippen LogP contribution >= 0.6 is 0 Å². The van der Waals surface area contributed by atoms with Crippen molar-refractivity contribution >= 4 is 22.5 Å². The average molecular weight is 595 g/mol. The fourth-order valence-electron chi connectivity index (χ4n) is 5.69. The van der Waals surface area contributed by atoms with Crippen LogP contribution in [0.5, 0.6) is 0 Å². The molecule has 1 aliphatic rings. The van der Waals surface area contributed by atoms with Gasteiger partial charge in [-0.3, -0.25) is 14.4 Å². The van der Waals surface area contributed by atoms with Gasteiger partial charge in [-0.1, -0.05) is 11.2 Å². The van der Waals surface area contributed by atoms with Crippen LogP contribution in [-0.2, 0) is 23.4 Å². The molecule has 0 radical (unpaired) electrons. The number of carbonyl (C=O) groups excluding carboxylic acids is 1. The predicted molar refractivity (Wildman–Crippen MR) is 164 cm³/mol. The third-order valence-electron chi connectivity index (χ3n) is 8.15. The van der Waals surface area contributed by atoms with E-state index >= 15 is 4.39 Å². The third-order valence-corrected chi connectivity index (χ3v) is 8.15. The maximum atomic E-state index is 15.3. The SMILES string of the molecule is CCn1c(-c2noc(CNC(=O)c3cnn(C(C)(C)COC)c3)n2)cc2c(N[C@@H]3CCN(C(C)(C)C)C[C@@H]3F)cccc21. The molecule has 0 aliphatic carbocycles. The van der Waals surface area contributed by atoms with Crippen molar-refractivity contribution in [3.63, 3.8) is 0 Å². The zero-order valence-electron chi connectivity index (χ0n) is 26.1. The van der Waals surface area contributed by atoms with E-state index in [0.29, 0.717) is 31.1 Å². The minimum Gasteiger partial charge on any atom is -0.382 e. The molecular weight excluding hydrogens is 551 g/mol. The second-order valence-corrected chi connectivity index (χ2v) is 12.8. The van der Waals surface area contributed by atoms with E-state index < -0.39 is 6.17 Å². The number of halogens is 1. The zero-order valence-corrected chi connectivity index (χ0v) is 26.1. The van der Waals surface area contributed by atoms with E-state index in [0.717, 1.165) is 35.2 Å². The molecule has 11 nitrogen and oxygen atoms in total. The molecule has 4 aromatic rings. The normalized spacial score (nSPS) is 18.3. The number of rotatable bonds is 10. The summed E-state index contributed by atoms with van der Waals surface area (Å²) < 4.78 is 29.9. The Kier molecular flexibility index (Phi) is 8.62. The topological polar surface area (TPSA) is 115 Å². The molecule has 3 aromatic heterocycles. The Morgan fingerprint density at radius 2 is 2.02 bits per heavy atom. The molecule has 0 saturated carbocycles. The van der Waals surface area contributed by atoms with Gasteiger partial charge in [0, 0.05) is 49.6 Å². The van der Waals surface area contributed by atoms with Crippen LogP contribution < -0.4 is 10.6 Å². The Hall–Kier alpha value is -3.77. The maximum Gasteiger partial charge on any atom is 0.254 e. The van der Waals surface area contributed by atoms with E-state index in [-0.39, 0.29) is 35.5 Å². The first-order valence-corrected chi connectivity index (χ1v) is 14.8. The first-order chi connectivity index (χ1) is 20.4. The monoisotopic (exact) mass is 594 g/mol. The van der Waals surface area contributed by atoms with Crippen molar-refractivity contribution < 1.29 is 18.4 Å². The Bertz CT molecular complexity index is 1570. The number of alkyl halides is 1. The Morgan fingerprint density at radius 3 is 2.72 bits per heavy atom. The van der Waals surface area contributed by atoms with Gasteiger partial charge < -0.3 is 24.5 Å². The van der Waals surface area contributed by atoms with E-state index in [9.17, 15) is 4.79 Å². The number of amides is 1. The number of ether oxygens (including phenoxy) is 1. The molecule has 4 heterocycles. The van der Waals surface area contributed by atoms with Gasteiger partial charge in [0.2, 0.25) is 11.7 Å². The van der Waals surface area contributed by atoms with Crippen molar-refractivity contribution in [1.82, 2.24) is 34.7 Å². The van der Waals surface area contributed by atoms with Gasteiger partial charge in [0.05, 0.1) is 47.7 Å². The summed E-state index contributed by atoms with van der Waals surface area (Å²) in [6.07, 6.45) is 2.97. The highest BCUT2D eigenvalue weighted by molar-refractivity contribution is 5.96. The quantitative estimate of drug-likeness (QED) is 0.268. The molecular formula is C31H43FN8O3. The highest BCUT2D eigenvalue weighted by atomic mass is 19.1. The standard InChI is InChI=1S/C31H43FN8O3/c1-8-39-25-11-9-10-23(35-24-12-13-38(18-22(24)32)30(2,3)4)21(25)14-26(39)28-36-27(43-37-28)16-33-29(41)20-15-34-40(17-20)31(5,6)19-42-7/h9-11,14-15,17,22,24,35H,8,12-13,16,18-19H2,1-7H3,(H,33,41)/t22-,24+/m0/s1.